The van der Waals surface area contributed by atoms with Gasteiger partial charge in [-0.1, -0.05) is 12.1 Å². The Bertz CT molecular complexity index is 945. The molecule has 1 heterocycles. The number of H-pyrrole nitrogens is 1. The summed E-state index contributed by atoms with van der Waals surface area (Å²) in [5.74, 6) is -0.0704. The predicted octanol–water partition coefficient (Wildman–Crippen LogP) is 3.36. The molecule has 0 unspecified atom stereocenters. The van der Waals surface area contributed by atoms with Gasteiger partial charge in [0.2, 0.25) is 0 Å². The zero-order chi connectivity index (χ0) is 19.9. The molecule has 1 aromatic carbocycles. The van der Waals surface area contributed by atoms with Crippen LogP contribution >= 0.6 is 0 Å². The zero-order valence-corrected chi connectivity index (χ0v) is 14.8. The fourth-order valence-electron chi connectivity index (χ4n) is 3.42. The molecule has 6 nitrogen and oxygen atoms in total. The second-order valence-electron chi connectivity index (χ2n) is 7.25. The van der Waals surface area contributed by atoms with Crippen molar-refractivity contribution in [2.75, 3.05) is 0 Å². The van der Waals surface area contributed by atoms with E-state index in [1.54, 1.807) is 0 Å². The summed E-state index contributed by atoms with van der Waals surface area (Å²) in [4.78, 5) is 31.5. The number of halogens is 3. The van der Waals surface area contributed by atoms with E-state index < -0.39 is 17.8 Å². The van der Waals surface area contributed by atoms with Crippen molar-refractivity contribution in [3.63, 3.8) is 0 Å². The molecule has 2 N–H and O–H groups in total. The minimum Gasteiger partial charge on any atom is -0.406 e. The summed E-state index contributed by atoms with van der Waals surface area (Å²) < 4.78 is 40.9. The fraction of sp³-hybridized carbons (Fsp3) is 0.421. The van der Waals surface area contributed by atoms with Gasteiger partial charge in [-0.25, -0.2) is 4.98 Å². The van der Waals surface area contributed by atoms with Crippen LogP contribution in [0.25, 0.3) is 0 Å². The number of nitrogens with zero attached hydrogens (tertiary/aromatic N) is 1. The van der Waals surface area contributed by atoms with Crippen molar-refractivity contribution >= 4 is 5.91 Å². The van der Waals surface area contributed by atoms with Crippen LogP contribution in [0.5, 0.6) is 5.75 Å². The summed E-state index contributed by atoms with van der Waals surface area (Å²) >= 11 is 0. The first-order valence-electron chi connectivity index (χ1n) is 9.04. The van der Waals surface area contributed by atoms with Gasteiger partial charge in [-0.3, -0.25) is 9.59 Å². The Labute approximate surface area is 158 Å². The molecular formula is C19H18F3N3O3. The molecule has 1 aromatic heterocycles. The molecule has 0 bridgehead atoms. The minimum absolute atomic E-state index is 0.0500. The number of carbonyl (C=O) groups excluding carboxylic acids is 1. The molecule has 0 saturated heterocycles. The lowest BCUT2D eigenvalue weighted by atomic mass is 9.71. The van der Waals surface area contributed by atoms with Crippen molar-refractivity contribution in [2.45, 2.75) is 49.9 Å². The van der Waals surface area contributed by atoms with Gasteiger partial charge in [-0.2, -0.15) is 0 Å². The van der Waals surface area contributed by atoms with E-state index in [0.29, 0.717) is 24.2 Å². The average molecular weight is 393 g/mol. The van der Waals surface area contributed by atoms with Gasteiger partial charge >= 0.3 is 6.36 Å². The van der Waals surface area contributed by atoms with E-state index in [0.717, 1.165) is 25.3 Å². The highest BCUT2D eigenvalue weighted by molar-refractivity contribution is 5.93. The Hall–Kier alpha value is -2.84. The van der Waals surface area contributed by atoms with Crippen LogP contribution < -0.4 is 15.6 Å². The molecule has 0 atom stereocenters. The van der Waals surface area contributed by atoms with Crippen LogP contribution in [0.3, 0.4) is 0 Å². The number of hydrogen-bond acceptors (Lipinski definition) is 4. The molecule has 28 heavy (non-hydrogen) atoms. The maximum absolute atomic E-state index is 12.7. The van der Waals surface area contributed by atoms with Crippen molar-refractivity contribution in [3.8, 4) is 5.75 Å². The third-order valence-electron chi connectivity index (χ3n) is 5.16. The monoisotopic (exact) mass is 393 g/mol. The van der Waals surface area contributed by atoms with Crippen molar-refractivity contribution in [1.82, 2.24) is 15.3 Å². The second kappa shape index (κ2) is 6.65. The Balaban J connectivity index is 1.54. The number of ether oxygens (including phenoxy) is 1. The third-order valence-corrected chi connectivity index (χ3v) is 5.16. The second-order valence-corrected chi connectivity index (χ2v) is 7.25. The van der Waals surface area contributed by atoms with Gasteiger partial charge < -0.3 is 15.0 Å². The molecule has 2 fully saturated rings. The van der Waals surface area contributed by atoms with Gasteiger partial charge in [-0.15, -0.1) is 13.2 Å². The summed E-state index contributed by atoms with van der Waals surface area (Å²) in [5.41, 5.74) is -0.320. The first kappa shape index (κ1) is 18.5. The predicted molar refractivity (Wildman–Crippen MR) is 93.0 cm³/mol. The molecule has 9 heteroatoms. The van der Waals surface area contributed by atoms with E-state index in [4.69, 9.17) is 0 Å². The highest BCUT2D eigenvalue weighted by Crippen LogP contribution is 2.42. The summed E-state index contributed by atoms with van der Waals surface area (Å²) in [6, 6.07) is 6.65. The van der Waals surface area contributed by atoms with E-state index >= 15 is 0 Å². The highest BCUT2D eigenvalue weighted by Gasteiger charge is 2.41. The Morgan fingerprint density at radius 3 is 2.43 bits per heavy atom. The lowest BCUT2D eigenvalue weighted by Crippen LogP contribution is -2.51. The average Bonchev–Trinajstić information content (AvgIpc) is 3.42. The molecular weight excluding hydrogens is 375 g/mol. The number of nitrogens with one attached hydrogen (secondary N) is 2. The maximum Gasteiger partial charge on any atom is 0.573 e. The fourth-order valence-corrected chi connectivity index (χ4v) is 3.42. The van der Waals surface area contributed by atoms with Crippen LogP contribution in [-0.4, -0.2) is 22.2 Å². The smallest absolute Gasteiger partial charge is 0.406 e. The zero-order valence-electron chi connectivity index (χ0n) is 14.8. The standard InChI is InChI=1S/C19H18F3N3O3/c20-19(21,22)28-13-6-4-12(5-7-13)18(8-1-9-18)25-17(27)14-10-15(26)24-16(23-14)11-2-3-11/h4-7,10-11H,1-3,8-9H2,(H,25,27)(H,23,24,26). The van der Waals surface area contributed by atoms with Gasteiger partial charge in [0.05, 0.1) is 5.54 Å². The van der Waals surface area contributed by atoms with E-state index in [-0.39, 0.29) is 22.9 Å². The van der Waals surface area contributed by atoms with Crippen molar-refractivity contribution in [1.29, 1.82) is 0 Å². The van der Waals surface area contributed by atoms with Gasteiger partial charge in [0.15, 0.2) is 0 Å². The number of amides is 1. The molecule has 2 saturated carbocycles. The number of aromatic amines is 1. The SMILES string of the molecule is O=C(NC1(c2ccc(OC(F)(F)F)cc2)CCC1)c1cc(=O)[nH]c(C2CC2)n1. The highest BCUT2D eigenvalue weighted by atomic mass is 19.4. The normalized spacial score (nSPS) is 18.2. The summed E-state index contributed by atoms with van der Waals surface area (Å²) in [6.45, 7) is 0. The van der Waals surface area contributed by atoms with E-state index in [9.17, 15) is 22.8 Å². The number of hydrogen-bond donors (Lipinski definition) is 2. The molecule has 0 aliphatic heterocycles. The van der Waals surface area contributed by atoms with Crippen LogP contribution in [-0.2, 0) is 5.54 Å². The Morgan fingerprint density at radius 2 is 1.89 bits per heavy atom. The molecule has 1 amide bonds. The van der Waals surface area contributed by atoms with Gasteiger partial charge in [0.25, 0.3) is 11.5 Å². The molecule has 4 rings (SSSR count). The van der Waals surface area contributed by atoms with Crippen LogP contribution in [0.15, 0.2) is 35.1 Å². The lowest BCUT2D eigenvalue weighted by molar-refractivity contribution is -0.274. The molecule has 2 aromatic rings. The summed E-state index contributed by atoms with van der Waals surface area (Å²) in [7, 11) is 0. The summed E-state index contributed by atoms with van der Waals surface area (Å²) in [5, 5.41) is 2.93. The Kier molecular flexibility index (Phi) is 4.40. The van der Waals surface area contributed by atoms with Crippen LogP contribution in [0.4, 0.5) is 13.2 Å². The van der Waals surface area contributed by atoms with E-state index in [2.05, 4.69) is 20.0 Å². The van der Waals surface area contributed by atoms with Gasteiger partial charge in [-0.05, 0) is 49.8 Å². The van der Waals surface area contributed by atoms with Crippen LogP contribution in [0.2, 0.25) is 0 Å². The molecule has 0 radical (unpaired) electrons. The van der Waals surface area contributed by atoms with Crippen molar-refractivity contribution in [3.05, 3.63) is 57.8 Å². The van der Waals surface area contributed by atoms with Crippen LogP contribution in [0, 0.1) is 0 Å². The van der Waals surface area contributed by atoms with Crippen LogP contribution in [0.1, 0.15) is 59.9 Å². The maximum atomic E-state index is 12.7. The topological polar surface area (TPSA) is 84.1 Å². The van der Waals surface area contributed by atoms with E-state index in [1.165, 1.54) is 24.3 Å². The first-order valence-corrected chi connectivity index (χ1v) is 9.04. The van der Waals surface area contributed by atoms with E-state index in [1.807, 2.05) is 0 Å². The Morgan fingerprint density at radius 1 is 1.21 bits per heavy atom. The first-order chi connectivity index (χ1) is 13.2. The quantitative estimate of drug-likeness (QED) is 0.816. The third kappa shape index (κ3) is 3.88. The number of carbonyl (C=O) groups is 1. The number of aromatic nitrogens is 2. The number of benzene rings is 1. The minimum atomic E-state index is -4.75. The largest absolute Gasteiger partial charge is 0.573 e. The van der Waals surface area contributed by atoms with Crippen molar-refractivity contribution < 1.29 is 22.7 Å². The van der Waals surface area contributed by atoms with Crippen molar-refractivity contribution in [2.24, 2.45) is 0 Å². The lowest BCUT2D eigenvalue weighted by Gasteiger charge is -2.43. The summed E-state index contributed by atoms with van der Waals surface area (Å²) in [6.07, 6.45) is -0.714. The van der Waals surface area contributed by atoms with Gasteiger partial charge in [0, 0.05) is 12.0 Å². The number of rotatable bonds is 5. The van der Waals surface area contributed by atoms with Gasteiger partial charge in [0.1, 0.15) is 17.3 Å². The molecule has 148 valence electrons. The molecule has 2 aliphatic rings. The molecule has 2 aliphatic carbocycles. The molecule has 0 spiro atoms. The number of alkyl halides is 3.